The van der Waals surface area contributed by atoms with Crippen molar-refractivity contribution in [2.24, 2.45) is 0 Å². The predicted molar refractivity (Wildman–Crippen MR) is 104 cm³/mol. The number of likely N-dealkylation sites (N-methyl/N-ethyl adjacent to an activating group) is 1. The second kappa shape index (κ2) is 8.35. The standard InChI is InChI=1S/C20H19NO6S/c1-2-21-16-9-14(6-7-18(16)27-10-19(21)23)17(22)12-28(26)11-13-4-3-5-15(8-13)20(24)25/h3-9H,2,10-12H2,1H3,(H,24,25). The molecule has 1 atom stereocenters. The number of fused-ring (bicyclic) bond motifs is 1. The van der Waals surface area contributed by atoms with Gasteiger partial charge >= 0.3 is 5.97 Å². The molecular formula is C20H19NO6S. The molecule has 146 valence electrons. The molecule has 0 bridgehead atoms. The molecule has 0 fully saturated rings. The van der Waals surface area contributed by atoms with Crippen LogP contribution in [-0.2, 0) is 21.3 Å². The highest BCUT2D eigenvalue weighted by Crippen LogP contribution is 2.33. The molecule has 2 aromatic rings. The number of Topliss-reactive ketones (excluding diaryl/α,β-unsaturated/α-hetero) is 1. The minimum Gasteiger partial charge on any atom is -0.482 e. The Kier molecular flexibility index (Phi) is 5.89. The quantitative estimate of drug-likeness (QED) is 0.714. The number of carboxylic acids is 1. The zero-order valence-corrected chi connectivity index (χ0v) is 16.0. The van der Waals surface area contributed by atoms with Crippen LogP contribution < -0.4 is 9.64 Å². The van der Waals surface area contributed by atoms with Crippen LogP contribution in [0.2, 0.25) is 0 Å². The van der Waals surface area contributed by atoms with Crippen molar-refractivity contribution in [3.8, 4) is 5.75 Å². The lowest BCUT2D eigenvalue weighted by atomic mass is 10.1. The Morgan fingerprint density at radius 1 is 1.18 bits per heavy atom. The molecule has 1 aliphatic heterocycles. The maximum absolute atomic E-state index is 12.6. The molecule has 0 radical (unpaired) electrons. The fourth-order valence-corrected chi connectivity index (χ4v) is 4.10. The van der Waals surface area contributed by atoms with Gasteiger partial charge in [0.25, 0.3) is 5.91 Å². The molecule has 1 aliphatic rings. The number of carbonyl (C=O) groups is 3. The first-order valence-corrected chi connectivity index (χ1v) is 10.2. The summed E-state index contributed by atoms with van der Waals surface area (Å²) in [6.07, 6.45) is 0. The molecule has 0 spiro atoms. The summed E-state index contributed by atoms with van der Waals surface area (Å²) in [6.45, 7) is 2.26. The molecule has 7 nitrogen and oxygen atoms in total. The second-order valence-electron chi connectivity index (χ2n) is 6.27. The van der Waals surface area contributed by atoms with Gasteiger partial charge < -0.3 is 14.7 Å². The molecule has 1 unspecified atom stereocenters. The highest BCUT2D eigenvalue weighted by atomic mass is 32.2. The zero-order chi connectivity index (χ0) is 20.3. The van der Waals surface area contributed by atoms with Crippen LogP contribution in [0.1, 0.15) is 33.2 Å². The average molecular weight is 401 g/mol. The van der Waals surface area contributed by atoms with Crippen LogP contribution in [0.25, 0.3) is 0 Å². The first-order chi connectivity index (χ1) is 13.4. The van der Waals surface area contributed by atoms with E-state index < -0.39 is 16.8 Å². The molecule has 0 aromatic heterocycles. The molecule has 1 amide bonds. The summed E-state index contributed by atoms with van der Waals surface area (Å²) in [5.74, 6) is -1.14. The van der Waals surface area contributed by atoms with E-state index in [4.69, 9.17) is 9.84 Å². The van der Waals surface area contributed by atoms with Crippen LogP contribution in [0.3, 0.4) is 0 Å². The molecule has 0 aliphatic carbocycles. The Labute approximate surface area is 164 Å². The van der Waals surface area contributed by atoms with Gasteiger partial charge in [0.1, 0.15) is 5.75 Å². The van der Waals surface area contributed by atoms with Crippen LogP contribution in [0.5, 0.6) is 5.75 Å². The van der Waals surface area contributed by atoms with Gasteiger partial charge in [0.05, 0.1) is 17.0 Å². The number of carbonyl (C=O) groups excluding carboxylic acids is 2. The molecular weight excluding hydrogens is 382 g/mol. The number of hydrogen-bond donors (Lipinski definition) is 1. The molecule has 2 aromatic carbocycles. The van der Waals surface area contributed by atoms with Crippen LogP contribution in [0.15, 0.2) is 42.5 Å². The number of anilines is 1. The number of carboxylic acid groups (broad SMARTS) is 1. The number of rotatable bonds is 7. The van der Waals surface area contributed by atoms with E-state index >= 15 is 0 Å². The third-order valence-electron chi connectivity index (χ3n) is 4.33. The first kappa shape index (κ1) is 19.8. The lowest BCUT2D eigenvalue weighted by Crippen LogP contribution is -2.38. The number of ether oxygens (including phenoxy) is 1. The van der Waals surface area contributed by atoms with E-state index in [0.29, 0.717) is 29.1 Å². The number of ketones is 1. The first-order valence-electron chi connectivity index (χ1n) is 8.66. The van der Waals surface area contributed by atoms with Gasteiger partial charge in [-0.25, -0.2) is 4.79 Å². The Hall–Kier alpha value is -3.00. The summed E-state index contributed by atoms with van der Waals surface area (Å²) in [7, 11) is -1.50. The lowest BCUT2D eigenvalue weighted by molar-refractivity contribution is -0.121. The summed E-state index contributed by atoms with van der Waals surface area (Å²) < 4.78 is 17.8. The Morgan fingerprint density at radius 3 is 2.68 bits per heavy atom. The molecule has 3 rings (SSSR count). The van der Waals surface area contributed by atoms with Crippen molar-refractivity contribution in [3.63, 3.8) is 0 Å². The molecule has 0 saturated heterocycles. The minimum absolute atomic E-state index is 0.0342. The number of nitrogens with zero attached hydrogens (tertiary/aromatic N) is 1. The Balaban J connectivity index is 1.72. The number of amides is 1. The van der Waals surface area contributed by atoms with Crippen molar-refractivity contribution in [1.29, 1.82) is 0 Å². The van der Waals surface area contributed by atoms with Crippen molar-refractivity contribution in [1.82, 2.24) is 0 Å². The third-order valence-corrected chi connectivity index (χ3v) is 5.57. The van der Waals surface area contributed by atoms with E-state index in [-0.39, 0.29) is 35.4 Å². The number of hydrogen-bond acceptors (Lipinski definition) is 5. The van der Waals surface area contributed by atoms with Gasteiger partial charge in [0, 0.05) is 28.7 Å². The van der Waals surface area contributed by atoms with Crippen molar-refractivity contribution in [2.45, 2.75) is 12.7 Å². The lowest BCUT2D eigenvalue weighted by Gasteiger charge is -2.28. The second-order valence-corrected chi connectivity index (χ2v) is 7.72. The molecule has 0 saturated carbocycles. The fourth-order valence-electron chi connectivity index (χ4n) is 2.98. The maximum Gasteiger partial charge on any atom is 0.335 e. The predicted octanol–water partition coefficient (Wildman–Crippen LogP) is 2.26. The van der Waals surface area contributed by atoms with Crippen LogP contribution in [-0.4, -0.2) is 45.9 Å². The zero-order valence-electron chi connectivity index (χ0n) is 15.2. The van der Waals surface area contributed by atoms with Crippen LogP contribution in [0.4, 0.5) is 5.69 Å². The van der Waals surface area contributed by atoms with Gasteiger partial charge in [-0.05, 0) is 42.8 Å². The summed E-state index contributed by atoms with van der Waals surface area (Å²) >= 11 is 0. The van der Waals surface area contributed by atoms with Gasteiger partial charge in [0.15, 0.2) is 12.4 Å². The van der Waals surface area contributed by atoms with Crippen molar-refractivity contribution < 1.29 is 28.4 Å². The maximum atomic E-state index is 12.6. The van der Waals surface area contributed by atoms with Gasteiger partial charge in [-0.2, -0.15) is 0 Å². The van der Waals surface area contributed by atoms with Gasteiger partial charge in [-0.1, -0.05) is 12.1 Å². The smallest absolute Gasteiger partial charge is 0.335 e. The van der Waals surface area contributed by atoms with Crippen molar-refractivity contribution >= 4 is 34.1 Å². The number of aromatic carboxylic acids is 1. The van der Waals surface area contributed by atoms with E-state index in [1.165, 1.54) is 12.1 Å². The van der Waals surface area contributed by atoms with E-state index in [9.17, 15) is 18.6 Å². The molecule has 1 heterocycles. The van der Waals surface area contributed by atoms with E-state index in [1.54, 1.807) is 35.2 Å². The van der Waals surface area contributed by atoms with Gasteiger partial charge in [0.2, 0.25) is 0 Å². The van der Waals surface area contributed by atoms with Crippen LogP contribution in [0, 0.1) is 0 Å². The van der Waals surface area contributed by atoms with Crippen molar-refractivity contribution in [3.05, 3.63) is 59.2 Å². The Bertz CT molecular complexity index is 971. The summed E-state index contributed by atoms with van der Waals surface area (Å²) in [5, 5.41) is 9.03. The summed E-state index contributed by atoms with van der Waals surface area (Å²) in [5.41, 5.74) is 1.58. The van der Waals surface area contributed by atoms with Crippen LogP contribution >= 0.6 is 0 Å². The average Bonchev–Trinajstić information content (AvgIpc) is 2.67. The monoisotopic (exact) mass is 401 g/mol. The molecule has 8 heteroatoms. The van der Waals surface area contributed by atoms with E-state index in [0.717, 1.165) is 0 Å². The van der Waals surface area contributed by atoms with E-state index in [2.05, 4.69) is 0 Å². The fraction of sp³-hybridized carbons (Fsp3) is 0.250. The SMILES string of the molecule is CCN1C(=O)COc2ccc(C(=O)CS(=O)Cc3cccc(C(=O)O)c3)cc21. The Morgan fingerprint density at radius 2 is 1.96 bits per heavy atom. The highest BCUT2D eigenvalue weighted by Gasteiger charge is 2.25. The largest absolute Gasteiger partial charge is 0.482 e. The summed E-state index contributed by atoms with van der Waals surface area (Å²) in [4.78, 5) is 37.1. The highest BCUT2D eigenvalue weighted by molar-refractivity contribution is 7.85. The molecule has 28 heavy (non-hydrogen) atoms. The normalized spacial score (nSPS) is 14.2. The van der Waals surface area contributed by atoms with Crippen molar-refractivity contribution in [2.75, 3.05) is 23.8 Å². The third kappa shape index (κ3) is 4.28. The van der Waals surface area contributed by atoms with Gasteiger partial charge in [-0.3, -0.25) is 13.8 Å². The topological polar surface area (TPSA) is 101 Å². The summed E-state index contributed by atoms with van der Waals surface area (Å²) in [6, 6.07) is 11.0. The van der Waals surface area contributed by atoms with Gasteiger partial charge in [-0.15, -0.1) is 0 Å². The van der Waals surface area contributed by atoms with E-state index in [1.807, 2.05) is 6.92 Å². The molecule has 1 N–H and O–H groups in total. The number of benzene rings is 2. The minimum atomic E-state index is -1.50.